The van der Waals surface area contributed by atoms with Gasteiger partial charge in [-0.3, -0.25) is 0 Å². The lowest BCUT2D eigenvalue weighted by Gasteiger charge is -2.15. The molecule has 0 amide bonds. The number of methoxy groups -OCH3 is 1. The maximum absolute atomic E-state index is 13.7. The first-order chi connectivity index (χ1) is 9.24. The maximum atomic E-state index is 13.7. The van der Waals surface area contributed by atoms with E-state index in [1.54, 1.807) is 13.2 Å². The van der Waals surface area contributed by atoms with Gasteiger partial charge in [0.15, 0.2) is 0 Å². The molecular weight excluding hydrogens is 243 g/mol. The van der Waals surface area contributed by atoms with Crippen LogP contribution < -0.4 is 10.1 Å². The number of pyridine rings is 1. The van der Waals surface area contributed by atoms with Crippen LogP contribution in [0.4, 0.5) is 10.1 Å². The highest BCUT2D eigenvalue weighted by Gasteiger charge is 2.21. The number of nitrogens with zero attached hydrogens (tertiary/aromatic N) is 1. The second kappa shape index (κ2) is 4.68. The number of halogens is 1. The lowest BCUT2D eigenvalue weighted by Crippen LogP contribution is -2.04. The summed E-state index contributed by atoms with van der Waals surface area (Å²) in [6.07, 6.45) is 3.12. The molecule has 0 saturated heterocycles. The molecule has 1 aliphatic carbocycles. The van der Waals surface area contributed by atoms with Crippen LogP contribution in [0.25, 0.3) is 10.9 Å². The number of nitrogens with one attached hydrogen (secondary N) is 1. The van der Waals surface area contributed by atoms with Crippen LogP contribution in [0.1, 0.15) is 24.6 Å². The molecule has 0 bridgehead atoms. The molecule has 1 aliphatic rings. The number of hydrogen-bond donors (Lipinski definition) is 1. The Morgan fingerprint density at radius 3 is 2.95 bits per heavy atom. The number of hydrogen-bond acceptors (Lipinski definition) is 3. The molecule has 0 unspecified atom stereocenters. The average molecular weight is 260 g/mol. The second-order valence-electron chi connectivity index (χ2n) is 4.80. The van der Waals surface area contributed by atoms with Gasteiger partial charge in [0, 0.05) is 29.4 Å². The Labute approximate surface area is 111 Å². The smallest absolute Gasteiger partial charge is 0.148 e. The zero-order valence-corrected chi connectivity index (χ0v) is 11.2. The minimum absolute atomic E-state index is 0.289. The van der Waals surface area contributed by atoms with E-state index in [0.29, 0.717) is 5.75 Å². The molecule has 1 aromatic heterocycles. The Hall–Kier alpha value is -1.84. The van der Waals surface area contributed by atoms with Crippen molar-refractivity contribution in [2.45, 2.75) is 26.2 Å². The normalized spacial score (nSPS) is 13.6. The molecule has 1 N–H and O–H groups in total. The number of rotatable bonds is 3. The molecule has 1 aromatic carbocycles. The Balaban J connectivity index is 2.37. The van der Waals surface area contributed by atoms with E-state index in [1.165, 1.54) is 11.6 Å². The van der Waals surface area contributed by atoms with Crippen molar-refractivity contribution in [2.24, 2.45) is 0 Å². The maximum Gasteiger partial charge on any atom is 0.148 e. The van der Waals surface area contributed by atoms with Gasteiger partial charge in [-0.1, -0.05) is 0 Å². The van der Waals surface area contributed by atoms with E-state index in [2.05, 4.69) is 10.3 Å². The summed E-state index contributed by atoms with van der Waals surface area (Å²) in [4.78, 5) is 4.68. The van der Waals surface area contributed by atoms with Crippen molar-refractivity contribution in [3.8, 4) is 5.75 Å². The molecule has 3 rings (SSSR count). The minimum Gasteiger partial charge on any atom is -0.494 e. The van der Waals surface area contributed by atoms with Crippen LogP contribution in [0, 0.1) is 5.82 Å². The Kier molecular flexibility index (Phi) is 3.01. The van der Waals surface area contributed by atoms with E-state index >= 15 is 0 Å². The molecule has 0 saturated carbocycles. The highest BCUT2D eigenvalue weighted by molar-refractivity contribution is 5.97. The summed E-state index contributed by atoms with van der Waals surface area (Å²) in [5.41, 5.74) is 4.13. The number of anilines is 1. The van der Waals surface area contributed by atoms with Gasteiger partial charge in [0.1, 0.15) is 17.1 Å². The standard InChI is InChI=1S/C15H17FN2O/c1-3-17-14-10-5-4-6-12(10)18-15-11(14)7-9(16)8-13(15)19-2/h7-8H,3-6H2,1-2H3,(H,17,18). The van der Waals surface area contributed by atoms with E-state index in [4.69, 9.17) is 4.74 Å². The van der Waals surface area contributed by atoms with Crippen molar-refractivity contribution in [3.63, 3.8) is 0 Å². The number of benzene rings is 1. The summed E-state index contributed by atoms with van der Waals surface area (Å²) in [6.45, 7) is 2.86. The first-order valence-electron chi connectivity index (χ1n) is 6.67. The van der Waals surface area contributed by atoms with Gasteiger partial charge in [-0.15, -0.1) is 0 Å². The zero-order chi connectivity index (χ0) is 13.4. The Bertz CT molecular complexity index is 640. The Morgan fingerprint density at radius 1 is 1.37 bits per heavy atom. The summed E-state index contributed by atoms with van der Waals surface area (Å²) in [6, 6.07) is 2.94. The van der Waals surface area contributed by atoms with Gasteiger partial charge in [-0.25, -0.2) is 9.37 Å². The fourth-order valence-electron chi connectivity index (χ4n) is 2.83. The van der Waals surface area contributed by atoms with Crippen LogP contribution in [-0.4, -0.2) is 18.6 Å². The molecular formula is C15H17FN2O. The van der Waals surface area contributed by atoms with Crippen LogP contribution in [0.15, 0.2) is 12.1 Å². The number of aryl methyl sites for hydroxylation is 1. The highest BCUT2D eigenvalue weighted by atomic mass is 19.1. The second-order valence-corrected chi connectivity index (χ2v) is 4.80. The lowest BCUT2D eigenvalue weighted by atomic mass is 10.1. The zero-order valence-electron chi connectivity index (χ0n) is 11.2. The van der Waals surface area contributed by atoms with Crippen molar-refractivity contribution >= 4 is 16.6 Å². The quantitative estimate of drug-likeness (QED) is 0.919. The lowest BCUT2D eigenvalue weighted by molar-refractivity contribution is 0.415. The summed E-state index contributed by atoms with van der Waals surface area (Å²) in [5.74, 6) is 0.215. The van der Waals surface area contributed by atoms with Crippen LogP contribution in [0.3, 0.4) is 0 Å². The predicted molar refractivity (Wildman–Crippen MR) is 74.4 cm³/mol. The summed E-state index contributed by atoms with van der Waals surface area (Å²) in [5, 5.41) is 4.19. The molecule has 0 aliphatic heterocycles. The van der Waals surface area contributed by atoms with Crippen LogP contribution >= 0.6 is 0 Å². The monoisotopic (exact) mass is 260 g/mol. The van der Waals surface area contributed by atoms with Gasteiger partial charge in [0.2, 0.25) is 0 Å². The fraction of sp³-hybridized carbons (Fsp3) is 0.400. The van der Waals surface area contributed by atoms with Gasteiger partial charge in [-0.2, -0.15) is 0 Å². The molecule has 19 heavy (non-hydrogen) atoms. The predicted octanol–water partition coefficient (Wildman–Crippen LogP) is 3.30. The van der Waals surface area contributed by atoms with E-state index in [9.17, 15) is 4.39 Å². The molecule has 0 atom stereocenters. The van der Waals surface area contributed by atoms with E-state index in [0.717, 1.165) is 48.1 Å². The van der Waals surface area contributed by atoms with Crippen molar-refractivity contribution in [3.05, 3.63) is 29.2 Å². The van der Waals surface area contributed by atoms with Crippen LogP contribution in [0.5, 0.6) is 5.75 Å². The van der Waals surface area contributed by atoms with Gasteiger partial charge in [-0.05, 0) is 37.8 Å². The SMILES string of the molecule is CCNc1c2c(nc3c(OC)cc(F)cc13)CCC2. The fourth-order valence-corrected chi connectivity index (χ4v) is 2.83. The number of fused-ring (bicyclic) bond motifs is 2. The van der Waals surface area contributed by atoms with Gasteiger partial charge >= 0.3 is 0 Å². The van der Waals surface area contributed by atoms with Crippen molar-refractivity contribution < 1.29 is 9.13 Å². The van der Waals surface area contributed by atoms with E-state index in [1.807, 2.05) is 6.92 Å². The van der Waals surface area contributed by atoms with Gasteiger partial charge < -0.3 is 10.1 Å². The Morgan fingerprint density at radius 2 is 2.21 bits per heavy atom. The summed E-state index contributed by atoms with van der Waals surface area (Å²) in [7, 11) is 1.55. The first-order valence-corrected chi connectivity index (χ1v) is 6.67. The molecule has 1 heterocycles. The van der Waals surface area contributed by atoms with Crippen LogP contribution in [-0.2, 0) is 12.8 Å². The number of ether oxygens (including phenoxy) is 1. The molecule has 2 aromatic rings. The van der Waals surface area contributed by atoms with Gasteiger partial charge in [0.25, 0.3) is 0 Å². The highest BCUT2D eigenvalue weighted by Crippen LogP contribution is 2.37. The third kappa shape index (κ3) is 1.91. The molecule has 0 radical (unpaired) electrons. The minimum atomic E-state index is -0.289. The largest absolute Gasteiger partial charge is 0.494 e. The van der Waals surface area contributed by atoms with E-state index in [-0.39, 0.29) is 5.82 Å². The third-order valence-corrected chi connectivity index (χ3v) is 3.62. The summed E-state index contributed by atoms with van der Waals surface area (Å²) < 4.78 is 19.0. The van der Waals surface area contributed by atoms with Crippen LogP contribution in [0.2, 0.25) is 0 Å². The molecule has 0 fully saturated rings. The first kappa shape index (κ1) is 12.2. The average Bonchev–Trinajstić information content (AvgIpc) is 2.86. The molecule has 4 heteroatoms. The summed E-state index contributed by atoms with van der Waals surface area (Å²) >= 11 is 0. The number of aromatic nitrogens is 1. The van der Waals surface area contributed by atoms with Crippen molar-refractivity contribution in [1.29, 1.82) is 0 Å². The van der Waals surface area contributed by atoms with E-state index < -0.39 is 0 Å². The van der Waals surface area contributed by atoms with Crippen molar-refractivity contribution in [1.82, 2.24) is 4.98 Å². The van der Waals surface area contributed by atoms with Crippen molar-refractivity contribution in [2.75, 3.05) is 19.0 Å². The van der Waals surface area contributed by atoms with Gasteiger partial charge in [0.05, 0.1) is 7.11 Å². The topological polar surface area (TPSA) is 34.2 Å². The molecule has 0 spiro atoms. The molecule has 3 nitrogen and oxygen atoms in total. The molecule has 100 valence electrons. The third-order valence-electron chi connectivity index (χ3n) is 3.62.